The highest BCUT2D eigenvalue weighted by molar-refractivity contribution is 5.95. The van der Waals surface area contributed by atoms with Crippen LogP contribution >= 0.6 is 0 Å². The second-order valence-electron chi connectivity index (χ2n) is 6.68. The molecule has 0 saturated heterocycles. The number of rotatable bonds is 6. The Hall–Kier alpha value is -2.24. The van der Waals surface area contributed by atoms with Crippen LogP contribution in [0.15, 0.2) is 24.3 Å². The fraction of sp³-hybridized carbons (Fsp3) is 0.529. The number of carbonyl (C=O) groups excluding carboxylic acids is 2. The maximum absolute atomic E-state index is 12.0. The van der Waals surface area contributed by atoms with Gasteiger partial charge in [-0.1, -0.05) is 6.07 Å². The van der Waals surface area contributed by atoms with Crippen LogP contribution < -0.4 is 16.0 Å². The Morgan fingerprint density at radius 1 is 1.22 bits per heavy atom. The lowest BCUT2D eigenvalue weighted by molar-refractivity contribution is 0.0530. The van der Waals surface area contributed by atoms with Gasteiger partial charge in [-0.25, -0.2) is 4.79 Å². The molecule has 1 saturated carbocycles. The molecule has 1 aliphatic carbocycles. The van der Waals surface area contributed by atoms with Gasteiger partial charge < -0.3 is 20.7 Å². The number of hydrogen-bond acceptors (Lipinski definition) is 4. The van der Waals surface area contributed by atoms with Crippen molar-refractivity contribution in [1.82, 2.24) is 10.6 Å². The third-order valence-electron chi connectivity index (χ3n) is 3.16. The number of anilines is 1. The van der Waals surface area contributed by atoms with E-state index in [9.17, 15) is 9.59 Å². The van der Waals surface area contributed by atoms with Gasteiger partial charge in [0.1, 0.15) is 5.60 Å². The van der Waals surface area contributed by atoms with Crippen molar-refractivity contribution in [2.45, 2.75) is 45.3 Å². The molecule has 3 N–H and O–H groups in total. The van der Waals surface area contributed by atoms with Gasteiger partial charge in [-0.2, -0.15) is 0 Å². The molecule has 0 aromatic heterocycles. The molecule has 0 heterocycles. The summed E-state index contributed by atoms with van der Waals surface area (Å²) >= 11 is 0. The Kier molecular flexibility index (Phi) is 5.47. The average molecular weight is 319 g/mol. The van der Waals surface area contributed by atoms with Gasteiger partial charge in [-0.05, 0) is 51.8 Å². The summed E-state index contributed by atoms with van der Waals surface area (Å²) in [6.07, 6.45) is 1.71. The van der Waals surface area contributed by atoms with Gasteiger partial charge in [-0.3, -0.25) is 4.79 Å². The van der Waals surface area contributed by atoms with Crippen molar-refractivity contribution in [2.24, 2.45) is 0 Å². The maximum atomic E-state index is 12.0. The molecule has 0 unspecified atom stereocenters. The van der Waals surface area contributed by atoms with E-state index in [0.717, 1.165) is 18.5 Å². The molecular formula is C17H25N3O3. The van der Waals surface area contributed by atoms with Crippen LogP contribution in [0, 0.1) is 0 Å². The summed E-state index contributed by atoms with van der Waals surface area (Å²) in [5.41, 5.74) is 0.988. The molecule has 1 aromatic carbocycles. The smallest absolute Gasteiger partial charge is 0.407 e. The number of carbonyl (C=O) groups is 2. The average Bonchev–Trinajstić information content (AvgIpc) is 3.26. The Balaban J connectivity index is 1.73. The van der Waals surface area contributed by atoms with E-state index < -0.39 is 11.7 Å². The lowest BCUT2D eigenvalue weighted by Gasteiger charge is -2.19. The third kappa shape index (κ3) is 6.59. The summed E-state index contributed by atoms with van der Waals surface area (Å²) in [4.78, 5) is 23.5. The monoisotopic (exact) mass is 319 g/mol. The first-order valence-corrected chi connectivity index (χ1v) is 7.95. The minimum atomic E-state index is -0.499. The van der Waals surface area contributed by atoms with Gasteiger partial charge in [0.25, 0.3) is 5.91 Å². The summed E-state index contributed by atoms with van der Waals surface area (Å²) in [6, 6.07) is 7.68. The number of alkyl carbamates (subject to hydrolysis) is 1. The zero-order valence-corrected chi connectivity index (χ0v) is 13.9. The van der Waals surface area contributed by atoms with Crippen LogP contribution in [0.1, 0.15) is 44.0 Å². The quantitative estimate of drug-likeness (QED) is 0.704. The van der Waals surface area contributed by atoms with Crippen molar-refractivity contribution >= 4 is 17.7 Å². The Bertz CT molecular complexity index is 562. The van der Waals surface area contributed by atoms with Crippen molar-refractivity contribution in [3.63, 3.8) is 0 Å². The summed E-state index contributed by atoms with van der Waals surface area (Å²) in [6.45, 7) is 6.45. The minimum absolute atomic E-state index is 0.0389. The number of benzene rings is 1. The normalized spacial score (nSPS) is 14.0. The molecule has 1 aromatic rings. The molecule has 0 atom stereocenters. The number of amides is 2. The van der Waals surface area contributed by atoms with Gasteiger partial charge in [0.2, 0.25) is 0 Å². The molecule has 2 amide bonds. The topological polar surface area (TPSA) is 79.5 Å². The van der Waals surface area contributed by atoms with Gasteiger partial charge in [0.05, 0.1) is 0 Å². The maximum Gasteiger partial charge on any atom is 0.407 e. The molecule has 0 bridgehead atoms. The highest BCUT2D eigenvalue weighted by atomic mass is 16.6. The van der Waals surface area contributed by atoms with Crippen molar-refractivity contribution in [1.29, 1.82) is 0 Å². The van der Waals surface area contributed by atoms with E-state index in [2.05, 4.69) is 16.0 Å². The van der Waals surface area contributed by atoms with E-state index in [1.165, 1.54) is 0 Å². The van der Waals surface area contributed by atoms with Gasteiger partial charge in [0, 0.05) is 30.4 Å². The zero-order chi connectivity index (χ0) is 16.9. The summed E-state index contributed by atoms with van der Waals surface area (Å²) in [5, 5.41) is 8.82. The fourth-order valence-electron chi connectivity index (χ4n) is 1.95. The molecule has 23 heavy (non-hydrogen) atoms. The molecule has 0 aliphatic heterocycles. The first-order chi connectivity index (χ1) is 10.8. The predicted octanol–water partition coefficient (Wildman–Crippen LogP) is 2.52. The standard InChI is InChI=1S/C17H25N3O3/c1-17(2,3)23-16(22)19-10-9-18-14-6-4-5-12(11-14)15(21)20-13-7-8-13/h4-6,11,13,18H,7-10H2,1-3H3,(H,19,22)(H,20,21). The summed E-state index contributed by atoms with van der Waals surface area (Å²) < 4.78 is 5.15. The van der Waals surface area contributed by atoms with E-state index in [1.807, 2.05) is 39.0 Å². The second kappa shape index (κ2) is 7.35. The van der Waals surface area contributed by atoms with Crippen LogP contribution in [-0.2, 0) is 4.74 Å². The van der Waals surface area contributed by atoms with Crippen molar-refractivity contribution in [2.75, 3.05) is 18.4 Å². The summed E-state index contributed by atoms with van der Waals surface area (Å²) in [5.74, 6) is -0.0389. The first kappa shape index (κ1) is 17.1. The SMILES string of the molecule is CC(C)(C)OC(=O)NCCNc1cccc(C(=O)NC2CC2)c1. The number of nitrogens with one attached hydrogen (secondary N) is 3. The molecule has 6 heteroatoms. The summed E-state index contributed by atoms with van der Waals surface area (Å²) in [7, 11) is 0. The van der Waals surface area contributed by atoms with Crippen LogP contribution in [-0.4, -0.2) is 36.7 Å². The van der Waals surface area contributed by atoms with Gasteiger partial charge >= 0.3 is 6.09 Å². The van der Waals surface area contributed by atoms with E-state index in [1.54, 1.807) is 6.07 Å². The van der Waals surface area contributed by atoms with Crippen LogP contribution in [0.4, 0.5) is 10.5 Å². The number of ether oxygens (including phenoxy) is 1. The molecule has 2 rings (SSSR count). The molecule has 1 aliphatic rings. The van der Waals surface area contributed by atoms with Crippen LogP contribution in [0.3, 0.4) is 0 Å². The molecule has 0 spiro atoms. The molecular weight excluding hydrogens is 294 g/mol. The Morgan fingerprint density at radius 2 is 1.96 bits per heavy atom. The van der Waals surface area contributed by atoms with Crippen molar-refractivity contribution < 1.29 is 14.3 Å². The predicted molar refractivity (Wildman–Crippen MR) is 89.7 cm³/mol. The fourth-order valence-corrected chi connectivity index (χ4v) is 1.95. The van der Waals surface area contributed by atoms with Crippen molar-refractivity contribution in [3.05, 3.63) is 29.8 Å². The van der Waals surface area contributed by atoms with Gasteiger partial charge in [-0.15, -0.1) is 0 Å². The Morgan fingerprint density at radius 3 is 2.61 bits per heavy atom. The molecule has 0 radical (unpaired) electrons. The first-order valence-electron chi connectivity index (χ1n) is 7.95. The van der Waals surface area contributed by atoms with Gasteiger partial charge in [0.15, 0.2) is 0 Å². The molecule has 126 valence electrons. The van der Waals surface area contributed by atoms with Crippen LogP contribution in [0.2, 0.25) is 0 Å². The second-order valence-corrected chi connectivity index (χ2v) is 6.68. The lowest BCUT2D eigenvalue weighted by Crippen LogP contribution is -2.35. The number of hydrogen-bond donors (Lipinski definition) is 3. The highest BCUT2D eigenvalue weighted by Gasteiger charge is 2.23. The van der Waals surface area contributed by atoms with Crippen LogP contribution in [0.25, 0.3) is 0 Å². The van der Waals surface area contributed by atoms with E-state index in [4.69, 9.17) is 4.74 Å². The third-order valence-corrected chi connectivity index (χ3v) is 3.16. The van der Waals surface area contributed by atoms with E-state index in [0.29, 0.717) is 24.7 Å². The van der Waals surface area contributed by atoms with E-state index in [-0.39, 0.29) is 5.91 Å². The largest absolute Gasteiger partial charge is 0.444 e. The molecule has 1 fully saturated rings. The van der Waals surface area contributed by atoms with E-state index >= 15 is 0 Å². The molecule has 6 nitrogen and oxygen atoms in total. The minimum Gasteiger partial charge on any atom is -0.444 e. The zero-order valence-electron chi connectivity index (χ0n) is 13.9. The van der Waals surface area contributed by atoms with Crippen LogP contribution in [0.5, 0.6) is 0 Å². The van der Waals surface area contributed by atoms with Crippen molar-refractivity contribution in [3.8, 4) is 0 Å². The lowest BCUT2D eigenvalue weighted by atomic mass is 10.2. The Labute approximate surface area is 137 Å². The highest BCUT2D eigenvalue weighted by Crippen LogP contribution is 2.20.